The second-order valence-electron chi connectivity index (χ2n) is 6.61. The van der Waals surface area contributed by atoms with Crippen LogP contribution in [-0.2, 0) is 17.6 Å². The number of benzene rings is 1. The number of primary amides is 1. The second-order valence-corrected chi connectivity index (χ2v) is 6.61. The minimum absolute atomic E-state index is 0.384. The maximum atomic E-state index is 13.8. The number of carbonyl (C=O) groups is 1. The van der Waals surface area contributed by atoms with Crippen molar-refractivity contribution < 1.29 is 9.18 Å². The smallest absolute Gasteiger partial charge is 0.239 e. The van der Waals surface area contributed by atoms with Gasteiger partial charge in [0.1, 0.15) is 11.9 Å². The molecule has 28 heavy (non-hydrogen) atoms. The van der Waals surface area contributed by atoms with Crippen molar-refractivity contribution in [3.05, 3.63) is 95.8 Å². The summed E-state index contributed by atoms with van der Waals surface area (Å²) in [7, 11) is 0. The molecule has 1 amide bonds. The summed E-state index contributed by atoms with van der Waals surface area (Å²) in [5, 5.41) is 0. The molecule has 0 bridgehead atoms. The van der Waals surface area contributed by atoms with E-state index < -0.39 is 11.9 Å². The molecule has 3 rings (SSSR count). The van der Waals surface area contributed by atoms with E-state index in [1.165, 1.54) is 12.1 Å². The molecule has 0 fully saturated rings. The number of rotatable bonds is 9. The minimum atomic E-state index is -0.700. The van der Waals surface area contributed by atoms with E-state index >= 15 is 0 Å². The van der Waals surface area contributed by atoms with Gasteiger partial charge in [-0.1, -0.05) is 18.2 Å². The van der Waals surface area contributed by atoms with E-state index in [1.54, 1.807) is 30.7 Å². The van der Waals surface area contributed by atoms with Gasteiger partial charge in [0, 0.05) is 37.9 Å². The van der Waals surface area contributed by atoms with Crippen molar-refractivity contribution in [2.75, 3.05) is 13.1 Å². The maximum Gasteiger partial charge on any atom is 0.239 e. The lowest BCUT2D eigenvalue weighted by atomic mass is 10.0. The van der Waals surface area contributed by atoms with Crippen LogP contribution in [0.3, 0.4) is 0 Å². The highest BCUT2D eigenvalue weighted by atomic mass is 19.1. The highest BCUT2D eigenvalue weighted by Gasteiger charge is 2.26. The van der Waals surface area contributed by atoms with Crippen LogP contribution in [0.1, 0.15) is 22.7 Å². The van der Waals surface area contributed by atoms with Crippen molar-refractivity contribution in [1.82, 2.24) is 14.9 Å². The molecule has 0 aliphatic carbocycles. The summed E-state index contributed by atoms with van der Waals surface area (Å²) >= 11 is 0. The van der Waals surface area contributed by atoms with Crippen LogP contribution in [0.4, 0.5) is 4.39 Å². The van der Waals surface area contributed by atoms with Crippen LogP contribution in [-0.4, -0.2) is 33.9 Å². The fourth-order valence-corrected chi connectivity index (χ4v) is 3.24. The molecule has 6 heteroatoms. The molecule has 0 radical (unpaired) electrons. The van der Waals surface area contributed by atoms with Gasteiger partial charge in [0.05, 0.1) is 0 Å². The van der Waals surface area contributed by atoms with Crippen LogP contribution >= 0.6 is 0 Å². The number of nitrogens with two attached hydrogens (primary N) is 1. The van der Waals surface area contributed by atoms with Gasteiger partial charge in [0.2, 0.25) is 5.91 Å². The van der Waals surface area contributed by atoms with Crippen LogP contribution in [0.25, 0.3) is 0 Å². The largest absolute Gasteiger partial charge is 0.368 e. The van der Waals surface area contributed by atoms with Crippen LogP contribution in [0.15, 0.2) is 73.3 Å². The number of hydrogen-bond acceptors (Lipinski definition) is 4. The average molecular weight is 378 g/mol. The Balaban J connectivity index is 1.82. The van der Waals surface area contributed by atoms with Gasteiger partial charge in [-0.05, 0) is 59.9 Å². The monoisotopic (exact) mass is 378 g/mol. The molecule has 2 N–H and O–H groups in total. The van der Waals surface area contributed by atoms with E-state index in [2.05, 4.69) is 9.97 Å². The van der Waals surface area contributed by atoms with Crippen LogP contribution in [0.2, 0.25) is 0 Å². The highest BCUT2D eigenvalue weighted by Crippen LogP contribution is 2.22. The van der Waals surface area contributed by atoms with Crippen molar-refractivity contribution in [1.29, 1.82) is 0 Å². The van der Waals surface area contributed by atoms with E-state index in [0.717, 1.165) is 17.5 Å². The summed E-state index contributed by atoms with van der Waals surface area (Å²) in [4.78, 5) is 22.5. The Bertz CT molecular complexity index is 846. The van der Waals surface area contributed by atoms with Gasteiger partial charge in [-0.25, -0.2) is 4.39 Å². The summed E-state index contributed by atoms with van der Waals surface area (Å²) in [5.74, 6) is -0.878. The molecule has 1 aromatic carbocycles. The molecule has 1 atom stereocenters. The summed E-state index contributed by atoms with van der Waals surface area (Å²) < 4.78 is 13.8. The first-order valence-corrected chi connectivity index (χ1v) is 9.20. The summed E-state index contributed by atoms with van der Waals surface area (Å²) in [6.07, 6.45) is 8.46. The molecule has 144 valence electrons. The van der Waals surface area contributed by atoms with Gasteiger partial charge in [0.25, 0.3) is 0 Å². The van der Waals surface area contributed by atoms with E-state index in [1.807, 2.05) is 35.4 Å². The van der Waals surface area contributed by atoms with Crippen molar-refractivity contribution in [3.8, 4) is 0 Å². The third kappa shape index (κ3) is 5.44. The number of hydrogen-bond donors (Lipinski definition) is 1. The van der Waals surface area contributed by atoms with Gasteiger partial charge in [-0.15, -0.1) is 0 Å². The highest BCUT2D eigenvalue weighted by molar-refractivity contribution is 5.81. The summed E-state index contributed by atoms with van der Waals surface area (Å²) in [5.41, 5.74) is 8.48. The third-order valence-corrected chi connectivity index (χ3v) is 4.65. The second kappa shape index (κ2) is 9.71. The summed E-state index contributed by atoms with van der Waals surface area (Å²) in [6.45, 7) is 1.20. The molecule has 0 saturated heterocycles. The Labute approximate surface area is 164 Å². The first-order chi connectivity index (χ1) is 13.6. The molecule has 5 nitrogen and oxygen atoms in total. The lowest BCUT2D eigenvalue weighted by Crippen LogP contribution is -2.40. The molecule has 2 aromatic heterocycles. The normalized spacial score (nSPS) is 12.1. The quantitative estimate of drug-likeness (QED) is 0.621. The van der Waals surface area contributed by atoms with Crippen molar-refractivity contribution in [2.24, 2.45) is 5.73 Å². The van der Waals surface area contributed by atoms with Crippen LogP contribution < -0.4 is 5.73 Å². The molecule has 3 aromatic rings. The third-order valence-electron chi connectivity index (χ3n) is 4.65. The van der Waals surface area contributed by atoms with Gasteiger partial charge < -0.3 is 5.73 Å². The molecule has 0 saturated carbocycles. The number of carbonyl (C=O) groups excluding carboxylic acids is 1. The van der Waals surface area contributed by atoms with Crippen LogP contribution in [0, 0.1) is 5.82 Å². The fraction of sp³-hybridized carbons (Fsp3) is 0.227. The molecule has 2 heterocycles. The minimum Gasteiger partial charge on any atom is -0.368 e. The zero-order valence-electron chi connectivity index (χ0n) is 15.5. The lowest BCUT2D eigenvalue weighted by molar-refractivity contribution is -0.123. The fourth-order valence-electron chi connectivity index (χ4n) is 3.24. The number of halogens is 1. The Morgan fingerprint density at radius 3 is 2.36 bits per heavy atom. The van der Waals surface area contributed by atoms with E-state index in [9.17, 15) is 9.18 Å². The first-order valence-electron chi connectivity index (χ1n) is 9.20. The number of aromatic nitrogens is 2. The van der Waals surface area contributed by atoms with Crippen molar-refractivity contribution in [3.63, 3.8) is 0 Å². The SMILES string of the molecule is NC(=O)C(c1cccc(F)c1)N(CCc1ccncc1)CCc1cccnc1. The Kier molecular flexibility index (Phi) is 6.81. The predicted molar refractivity (Wildman–Crippen MR) is 106 cm³/mol. The number of amides is 1. The molecule has 0 spiro atoms. The van der Waals surface area contributed by atoms with Crippen molar-refractivity contribution in [2.45, 2.75) is 18.9 Å². The predicted octanol–water partition coefficient (Wildman–Crippen LogP) is 2.93. The summed E-state index contributed by atoms with van der Waals surface area (Å²) in [6, 6.07) is 13.1. The first kappa shape index (κ1) is 19.6. The van der Waals surface area contributed by atoms with Gasteiger partial charge in [-0.3, -0.25) is 19.7 Å². The lowest BCUT2D eigenvalue weighted by Gasteiger charge is -2.30. The Morgan fingerprint density at radius 1 is 0.964 bits per heavy atom. The van der Waals surface area contributed by atoms with Gasteiger partial charge in [-0.2, -0.15) is 0 Å². The van der Waals surface area contributed by atoms with E-state index in [-0.39, 0.29) is 5.82 Å². The van der Waals surface area contributed by atoms with Gasteiger partial charge in [0.15, 0.2) is 0 Å². The Hall–Kier alpha value is -3.12. The standard InChI is InChI=1S/C22H23FN4O/c23-20-5-1-4-19(15-20)21(22(24)28)27(13-8-17-6-11-25-12-7-17)14-9-18-3-2-10-26-16-18/h1-7,10-12,15-16,21H,8-9,13-14H2,(H2,24,28). The zero-order valence-corrected chi connectivity index (χ0v) is 15.5. The molecule has 0 aliphatic heterocycles. The molecule has 1 unspecified atom stereocenters. The maximum absolute atomic E-state index is 13.8. The van der Waals surface area contributed by atoms with Crippen LogP contribution in [0.5, 0.6) is 0 Å². The number of pyridine rings is 2. The van der Waals surface area contributed by atoms with E-state index in [0.29, 0.717) is 25.1 Å². The molecular formula is C22H23FN4O. The molecule has 0 aliphatic rings. The topological polar surface area (TPSA) is 72.1 Å². The van der Waals surface area contributed by atoms with E-state index in [4.69, 9.17) is 5.73 Å². The van der Waals surface area contributed by atoms with Gasteiger partial charge >= 0.3 is 0 Å². The zero-order chi connectivity index (χ0) is 19.8. The molecular weight excluding hydrogens is 355 g/mol. The number of nitrogens with zero attached hydrogens (tertiary/aromatic N) is 3. The van der Waals surface area contributed by atoms with Crippen molar-refractivity contribution >= 4 is 5.91 Å². The Morgan fingerprint density at radius 2 is 1.71 bits per heavy atom. The average Bonchev–Trinajstić information content (AvgIpc) is 2.71.